The predicted molar refractivity (Wildman–Crippen MR) is 131 cm³/mol. The van der Waals surface area contributed by atoms with Crippen LogP contribution >= 0.6 is 0 Å². The first-order valence-electron chi connectivity index (χ1n) is 11.3. The van der Waals surface area contributed by atoms with Gasteiger partial charge in [0.1, 0.15) is 11.5 Å². The van der Waals surface area contributed by atoms with Crippen molar-refractivity contribution in [3.63, 3.8) is 0 Å². The van der Waals surface area contributed by atoms with Gasteiger partial charge < -0.3 is 14.4 Å². The molecule has 0 unspecified atom stereocenters. The number of Topliss-reactive ketones (excluding diaryl/α,β-unsaturated/α-hetero) is 1. The number of nitrogens with zero attached hydrogens (tertiary/aromatic N) is 2. The second-order valence-corrected chi connectivity index (χ2v) is 8.59. The van der Waals surface area contributed by atoms with Crippen molar-refractivity contribution in [1.82, 2.24) is 0 Å². The number of rotatable bonds is 8. The molecule has 0 aromatic heterocycles. The SMILES string of the molecule is Cc1ccc(Oc2ccc(N3C[C@@H](C(=O)OCC(=O)c4cccc([N+](=O)[O-])c4)CC3=O)cc2)cc1C. The molecule has 0 aliphatic carbocycles. The maximum atomic E-state index is 12.6. The molecular weight excluding hydrogens is 464 g/mol. The summed E-state index contributed by atoms with van der Waals surface area (Å²) in [4.78, 5) is 49.1. The Balaban J connectivity index is 1.33. The molecule has 9 heteroatoms. The third-order valence-electron chi connectivity index (χ3n) is 6.05. The van der Waals surface area contributed by atoms with Crippen LogP contribution in [0, 0.1) is 29.9 Å². The van der Waals surface area contributed by atoms with E-state index in [2.05, 4.69) is 0 Å². The summed E-state index contributed by atoms with van der Waals surface area (Å²) in [6, 6.07) is 18.0. The highest BCUT2D eigenvalue weighted by molar-refractivity contribution is 6.01. The van der Waals surface area contributed by atoms with Crippen LogP contribution in [0.25, 0.3) is 0 Å². The van der Waals surface area contributed by atoms with Crippen molar-refractivity contribution in [2.45, 2.75) is 20.3 Å². The third kappa shape index (κ3) is 5.57. The van der Waals surface area contributed by atoms with Gasteiger partial charge in [-0.15, -0.1) is 0 Å². The van der Waals surface area contributed by atoms with Crippen molar-refractivity contribution in [1.29, 1.82) is 0 Å². The molecule has 184 valence electrons. The molecule has 1 atom stereocenters. The molecule has 0 bridgehead atoms. The molecule has 1 saturated heterocycles. The van der Waals surface area contributed by atoms with Crippen molar-refractivity contribution in [3.05, 3.63) is 93.5 Å². The van der Waals surface area contributed by atoms with Crippen LogP contribution in [-0.2, 0) is 14.3 Å². The monoisotopic (exact) mass is 488 g/mol. The smallest absolute Gasteiger partial charge is 0.311 e. The van der Waals surface area contributed by atoms with Gasteiger partial charge in [-0.05, 0) is 61.4 Å². The molecule has 0 saturated carbocycles. The van der Waals surface area contributed by atoms with Crippen LogP contribution in [0.3, 0.4) is 0 Å². The van der Waals surface area contributed by atoms with E-state index in [1.807, 2.05) is 32.0 Å². The van der Waals surface area contributed by atoms with E-state index in [1.54, 1.807) is 24.3 Å². The zero-order valence-electron chi connectivity index (χ0n) is 19.8. The van der Waals surface area contributed by atoms with Gasteiger partial charge in [-0.1, -0.05) is 18.2 Å². The first kappa shape index (κ1) is 24.6. The number of amides is 1. The van der Waals surface area contributed by atoms with Crippen molar-refractivity contribution in [2.75, 3.05) is 18.1 Å². The fraction of sp³-hybridized carbons (Fsp3) is 0.222. The van der Waals surface area contributed by atoms with E-state index in [4.69, 9.17) is 9.47 Å². The summed E-state index contributed by atoms with van der Waals surface area (Å²) in [6.07, 6.45) is -0.0370. The van der Waals surface area contributed by atoms with E-state index < -0.39 is 29.2 Å². The molecule has 3 aromatic carbocycles. The Kier molecular flexibility index (Phi) is 7.10. The highest BCUT2D eigenvalue weighted by Crippen LogP contribution is 2.30. The standard InChI is InChI=1S/C27H24N2O7/c1-17-6-9-24(12-18(17)2)36-23-10-7-21(8-11-23)28-15-20(14-26(28)31)27(32)35-16-25(30)19-4-3-5-22(13-19)29(33)34/h3-13,20H,14-16H2,1-2H3/t20-/m0/s1. The molecule has 3 aromatic rings. The predicted octanol–water partition coefficient (Wildman–Crippen LogP) is 4.78. The van der Waals surface area contributed by atoms with Gasteiger partial charge in [0.15, 0.2) is 6.61 Å². The molecule has 1 aliphatic heterocycles. The molecule has 1 heterocycles. The Morgan fingerprint density at radius 3 is 2.42 bits per heavy atom. The number of anilines is 1. The van der Waals surface area contributed by atoms with E-state index in [1.165, 1.54) is 28.7 Å². The van der Waals surface area contributed by atoms with Gasteiger partial charge >= 0.3 is 5.97 Å². The summed E-state index contributed by atoms with van der Waals surface area (Å²) in [6.45, 7) is 3.60. The number of ketones is 1. The molecule has 1 aliphatic rings. The summed E-state index contributed by atoms with van der Waals surface area (Å²) in [5.41, 5.74) is 2.76. The van der Waals surface area contributed by atoms with Gasteiger partial charge in [-0.3, -0.25) is 24.5 Å². The average molecular weight is 488 g/mol. The number of esters is 1. The highest BCUT2D eigenvalue weighted by Gasteiger charge is 2.36. The molecular formula is C27H24N2O7. The lowest BCUT2D eigenvalue weighted by molar-refractivity contribution is -0.384. The highest BCUT2D eigenvalue weighted by atomic mass is 16.6. The molecule has 1 amide bonds. The molecule has 36 heavy (non-hydrogen) atoms. The number of non-ortho nitro benzene ring substituents is 1. The number of benzene rings is 3. The Hall–Kier alpha value is -4.53. The van der Waals surface area contributed by atoms with Crippen LogP contribution in [0.1, 0.15) is 27.9 Å². The molecule has 0 spiro atoms. The van der Waals surface area contributed by atoms with Crippen LogP contribution in [0.4, 0.5) is 11.4 Å². The van der Waals surface area contributed by atoms with Crippen LogP contribution in [-0.4, -0.2) is 35.7 Å². The molecule has 0 radical (unpaired) electrons. The molecule has 4 rings (SSSR count). The van der Waals surface area contributed by atoms with Gasteiger partial charge in [0.2, 0.25) is 11.7 Å². The summed E-state index contributed by atoms with van der Waals surface area (Å²) < 4.78 is 11.0. The maximum absolute atomic E-state index is 12.6. The van der Waals surface area contributed by atoms with E-state index >= 15 is 0 Å². The quantitative estimate of drug-likeness (QED) is 0.194. The number of nitro benzene ring substituents is 1. The summed E-state index contributed by atoms with van der Waals surface area (Å²) >= 11 is 0. The van der Waals surface area contributed by atoms with Crippen molar-refractivity contribution in [3.8, 4) is 11.5 Å². The number of carbonyl (C=O) groups excluding carboxylic acids is 3. The Bertz CT molecular complexity index is 1330. The molecule has 9 nitrogen and oxygen atoms in total. The number of hydrogen-bond donors (Lipinski definition) is 0. The minimum Gasteiger partial charge on any atom is -0.457 e. The zero-order chi connectivity index (χ0) is 25.8. The number of hydrogen-bond acceptors (Lipinski definition) is 7. The van der Waals surface area contributed by atoms with E-state index in [0.29, 0.717) is 17.2 Å². The number of nitro groups is 1. The average Bonchev–Trinajstić information content (AvgIpc) is 3.26. The van der Waals surface area contributed by atoms with Crippen molar-refractivity contribution >= 4 is 29.0 Å². The topological polar surface area (TPSA) is 116 Å². The van der Waals surface area contributed by atoms with E-state index in [-0.39, 0.29) is 30.1 Å². The summed E-state index contributed by atoms with van der Waals surface area (Å²) in [7, 11) is 0. The van der Waals surface area contributed by atoms with Crippen LogP contribution < -0.4 is 9.64 Å². The first-order chi connectivity index (χ1) is 17.2. The first-order valence-corrected chi connectivity index (χ1v) is 11.3. The Morgan fingerprint density at radius 2 is 1.72 bits per heavy atom. The lowest BCUT2D eigenvalue weighted by atomic mass is 10.1. The van der Waals surface area contributed by atoms with Gasteiger partial charge in [0.05, 0.1) is 10.8 Å². The van der Waals surface area contributed by atoms with Gasteiger partial charge in [0, 0.05) is 36.3 Å². The number of ether oxygens (including phenoxy) is 2. The minimum absolute atomic E-state index is 0.0370. The second-order valence-electron chi connectivity index (χ2n) is 8.59. The largest absolute Gasteiger partial charge is 0.457 e. The van der Waals surface area contributed by atoms with Gasteiger partial charge in [0.25, 0.3) is 5.69 Å². The van der Waals surface area contributed by atoms with Crippen molar-refractivity contribution in [2.24, 2.45) is 5.92 Å². The lowest BCUT2D eigenvalue weighted by Gasteiger charge is -2.17. The number of aryl methyl sites for hydroxylation is 2. The second kappa shape index (κ2) is 10.4. The minimum atomic E-state index is -0.720. The Morgan fingerprint density at radius 1 is 1.00 bits per heavy atom. The maximum Gasteiger partial charge on any atom is 0.311 e. The zero-order valence-corrected chi connectivity index (χ0v) is 19.8. The van der Waals surface area contributed by atoms with E-state index in [0.717, 1.165) is 11.6 Å². The molecule has 1 fully saturated rings. The fourth-order valence-corrected chi connectivity index (χ4v) is 3.85. The molecule has 0 N–H and O–H groups in total. The summed E-state index contributed by atoms with van der Waals surface area (Å²) in [5, 5.41) is 10.9. The third-order valence-corrected chi connectivity index (χ3v) is 6.05. The van der Waals surface area contributed by atoms with Crippen LogP contribution in [0.2, 0.25) is 0 Å². The number of carbonyl (C=O) groups is 3. The van der Waals surface area contributed by atoms with Crippen LogP contribution in [0.15, 0.2) is 66.7 Å². The lowest BCUT2D eigenvalue weighted by Crippen LogP contribution is -2.27. The van der Waals surface area contributed by atoms with Crippen LogP contribution in [0.5, 0.6) is 11.5 Å². The normalized spacial score (nSPS) is 15.0. The van der Waals surface area contributed by atoms with Crippen molar-refractivity contribution < 1.29 is 28.8 Å². The van der Waals surface area contributed by atoms with Gasteiger partial charge in [-0.2, -0.15) is 0 Å². The van der Waals surface area contributed by atoms with E-state index in [9.17, 15) is 24.5 Å². The fourth-order valence-electron chi connectivity index (χ4n) is 3.85. The Labute approximate surface area is 207 Å². The summed E-state index contributed by atoms with van der Waals surface area (Å²) in [5.74, 6) is -0.853. The van der Waals surface area contributed by atoms with Gasteiger partial charge in [-0.25, -0.2) is 0 Å².